The van der Waals surface area contributed by atoms with Crippen molar-refractivity contribution < 1.29 is 13.9 Å². The second kappa shape index (κ2) is 4.28. The zero-order valence-electron chi connectivity index (χ0n) is 7.84. The lowest BCUT2D eigenvalue weighted by Gasteiger charge is -1.98. The van der Waals surface area contributed by atoms with Crippen LogP contribution in [0, 0.1) is 5.82 Å². The molecule has 0 unspecified atom stereocenters. The fourth-order valence-corrected chi connectivity index (χ4v) is 1.49. The molecule has 0 saturated carbocycles. The summed E-state index contributed by atoms with van der Waals surface area (Å²) >= 11 is 11.3. The summed E-state index contributed by atoms with van der Waals surface area (Å²) in [5, 5.41) is -0.0778. The van der Waals surface area contributed by atoms with Gasteiger partial charge in [0.2, 0.25) is 0 Å². The number of halogens is 3. The van der Waals surface area contributed by atoms with Crippen molar-refractivity contribution in [1.82, 2.24) is 0 Å². The molecule has 0 aliphatic carbocycles. The molecule has 1 aromatic rings. The molecule has 0 amide bonds. The van der Waals surface area contributed by atoms with Gasteiger partial charge in [-0.3, -0.25) is 0 Å². The fourth-order valence-electron chi connectivity index (χ4n) is 1.19. The van der Waals surface area contributed by atoms with Gasteiger partial charge in [-0.25, -0.2) is 9.18 Å². The molecule has 0 bridgehead atoms. The molecule has 1 aliphatic rings. The monoisotopic (exact) mass is 258 g/mol. The summed E-state index contributed by atoms with van der Waals surface area (Å²) in [5.41, 5.74) is 0.661. The first-order valence-electron chi connectivity index (χ1n) is 4.33. The topological polar surface area (TPSA) is 26.3 Å². The minimum Gasteiger partial charge on any atom is -0.421 e. The first-order valence-corrected chi connectivity index (χ1v) is 5.08. The van der Waals surface area contributed by atoms with Gasteiger partial charge in [-0.2, -0.15) is 0 Å². The molecule has 82 valence electrons. The molecule has 0 fully saturated rings. The van der Waals surface area contributed by atoms with Gasteiger partial charge in [0.25, 0.3) is 0 Å². The van der Waals surface area contributed by atoms with Crippen molar-refractivity contribution in [3.8, 4) is 0 Å². The number of rotatable bonds is 1. The molecular formula is C11H5Cl2FO2. The van der Waals surface area contributed by atoms with Gasteiger partial charge in [0.15, 0.2) is 5.76 Å². The molecule has 1 heterocycles. The van der Waals surface area contributed by atoms with Gasteiger partial charge in [-0.05, 0) is 23.8 Å². The molecular weight excluding hydrogens is 254 g/mol. The van der Waals surface area contributed by atoms with Crippen molar-refractivity contribution in [2.45, 2.75) is 0 Å². The summed E-state index contributed by atoms with van der Waals surface area (Å²) in [6.45, 7) is 0. The number of hydrogen-bond acceptors (Lipinski definition) is 2. The highest BCUT2D eigenvalue weighted by molar-refractivity contribution is 6.50. The maximum Gasteiger partial charge on any atom is 0.356 e. The van der Waals surface area contributed by atoms with E-state index in [0.717, 1.165) is 0 Å². The number of ether oxygens (including phenoxy) is 1. The Morgan fingerprint density at radius 3 is 2.25 bits per heavy atom. The summed E-state index contributed by atoms with van der Waals surface area (Å²) in [4.78, 5) is 11.0. The van der Waals surface area contributed by atoms with Crippen LogP contribution >= 0.6 is 23.2 Å². The smallest absolute Gasteiger partial charge is 0.356 e. The van der Waals surface area contributed by atoms with E-state index in [2.05, 4.69) is 0 Å². The van der Waals surface area contributed by atoms with Crippen LogP contribution in [0.15, 0.2) is 40.1 Å². The molecule has 0 aromatic heterocycles. The normalized spacial score (nSPS) is 18.2. The number of carbonyl (C=O) groups is 1. The third-order valence-electron chi connectivity index (χ3n) is 1.96. The first kappa shape index (κ1) is 11.2. The zero-order valence-corrected chi connectivity index (χ0v) is 9.35. The predicted molar refractivity (Wildman–Crippen MR) is 59.2 cm³/mol. The van der Waals surface area contributed by atoms with Crippen LogP contribution in [0.3, 0.4) is 0 Å². The summed E-state index contributed by atoms with van der Waals surface area (Å²) in [6, 6.07) is 5.66. The minimum atomic E-state index is -0.681. The van der Waals surface area contributed by atoms with Crippen molar-refractivity contribution in [2.24, 2.45) is 0 Å². The minimum absolute atomic E-state index is 0.0657. The van der Waals surface area contributed by atoms with Crippen molar-refractivity contribution in [1.29, 1.82) is 0 Å². The van der Waals surface area contributed by atoms with E-state index < -0.39 is 5.97 Å². The van der Waals surface area contributed by atoms with E-state index in [1.54, 1.807) is 0 Å². The van der Waals surface area contributed by atoms with Gasteiger partial charge >= 0.3 is 5.97 Å². The van der Waals surface area contributed by atoms with Crippen LogP contribution in [0.25, 0.3) is 6.08 Å². The van der Waals surface area contributed by atoms with Crippen molar-refractivity contribution in [3.05, 3.63) is 51.5 Å². The lowest BCUT2D eigenvalue weighted by molar-refractivity contribution is -0.132. The average Bonchev–Trinajstić information content (AvgIpc) is 2.50. The highest BCUT2D eigenvalue weighted by atomic mass is 35.5. The lowest BCUT2D eigenvalue weighted by Crippen LogP contribution is -1.93. The summed E-state index contributed by atoms with van der Waals surface area (Å²) in [5.74, 6) is -0.853. The molecule has 2 nitrogen and oxygen atoms in total. The first-order chi connectivity index (χ1) is 7.58. The van der Waals surface area contributed by atoms with E-state index >= 15 is 0 Å². The van der Waals surface area contributed by atoms with E-state index in [4.69, 9.17) is 27.9 Å². The molecule has 16 heavy (non-hydrogen) atoms. The number of carbonyl (C=O) groups excluding carboxylic acids is 1. The van der Waals surface area contributed by atoms with E-state index in [1.165, 1.54) is 30.3 Å². The van der Waals surface area contributed by atoms with Gasteiger partial charge in [0.1, 0.15) is 15.9 Å². The Morgan fingerprint density at radius 2 is 1.75 bits per heavy atom. The molecule has 0 saturated heterocycles. The van der Waals surface area contributed by atoms with Gasteiger partial charge in [-0.15, -0.1) is 0 Å². The average molecular weight is 259 g/mol. The summed E-state index contributed by atoms with van der Waals surface area (Å²) in [6.07, 6.45) is 1.51. The quantitative estimate of drug-likeness (QED) is 0.722. The summed E-state index contributed by atoms with van der Waals surface area (Å²) < 4.78 is 17.4. The molecule has 1 aliphatic heterocycles. The van der Waals surface area contributed by atoms with Crippen LogP contribution in [-0.4, -0.2) is 5.97 Å². The molecule has 1 aromatic carbocycles. The Hall–Kier alpha value is -1.32. The Labute approximate surface area is 101 Å². The molecule has 0 radical (unpaired) electrons. The highest BCUT2D eigenvalue weighted by Crippen LogP contribution is 2.32. The van der Waals surface area contributed by atoms with E-state index in [-0.39, 0.29) is 21.6 Å². The Balaban J connectivity index is 2.33. The van der Waals surface area contributed by atoms with Crippen LogP contribution in [0.2, 0.25) is 0 Å². The molecule has 5 heteroatoms. The number of hydrogen-bond donors (Lipinski definition) is 0. The van der Waals surface area contributed by atoms with E-state index in [1.807, 2.05) is 0 Å². The number of cyclic esters (lactones) is 1. The second-order valence-electron chi connectivity index (χ2n) is 3.08. The van der Waals surface area contributed by atoms with Crippen molar-refractivity contribution in [3.63, 3.8) is 0 Å². The fraction of sp³-hybridized carbons (Fsp3) is 0. The van der Waals surface area contributed by atoms with Gasteiger partial charge in [0, 0.05) is 0 Å². The molecule has 0 spiro atoms. The maximum absolute atomic E-state index is 12.6. The Bertz CT molecular complexity index is 503. The largest absolute Gasteiger partial charge is 0.421 e. The van der Waals surface area contributed by atoms with Crippen LogP contribution in [0.1, 0.15) is 5.56 Å². The summed E-state index contributed by atoms with van der Waals surface area (Å²) in [7, 11) is 0. The number of benzene rings is 1. The van der Waals surface area contributed by atoms with Crippen molar-refractivity contribution >= 4 is 35.2 Å². The molecule has 0 N–H and O–H groups in total. The number of esters is 1. The standard InChI is InChI=1S/C11H5Cl2FO2/c12-9-8(16-11(15)10(9)13)5-6-1-3-7(14)4-2-6/h1-5H/b8-5-. The Kier molecular flexibility index (Phi) is 2.99. The van der Waals surface area contributed by atoms with Gasteiger partial charge < -0.3 is 4.74 Å². The van der Waals surface area contributed by atoms with Crippen molar-refractivity contribution in [2.75, 3.05) is 0 Å². The lowest BCUT2D eigenvalue weighted by atomic mass is 10.2. The van der Waals surface area contributed by atoms with Crippen LogP contribution < -0.4 is 0 Å². The third kappa shape index (κ3) is 2.10. The molecule has 0 atom stereocenters. The van der Waals surface area contributed by atoms with Gasteiger partial charge in [-0.1, -0.05) is 35.3 Å². The zero-order chi connectivity index (χ0) is 11.7. The third-order valence-corrected chi connectivity index (χ3v) is 2.77. The van der Waals surface area contributed by atoms with E-state index in [9.17, 15) is 9.18 Å². The van der Waals surface area contributed by atoms with Gasteiger partial charge in [0.05, 0.1) is 0 Å². The van der Waals surface area contributed by atoms with Crippen LogP contribution in [0.4, 0.5) is 4.39 Å². The van der Waals surface area contributed by atoms with E-state index in [0.29, 0.717) is 5.56 Å². The number of allylic oxidation sites excluding steroid dienone is 1. The van der Waals surface area contributed by atoms with Crippen LogP contribution in [-0.2, 0) is 9.53 Å². The Morgan fingerprint density at radius 1 is 1.12 bits per heavy atom. The maximum atomic E-state index is 12.6. The highest BCUT2D eigenvalue weighted by Gasteiger charge is 2.27. The second-order valence-corrected chi connectivity index (χ2v) is 3.83. The SMILES string of the molecule is O=C1O/C(=C\c2ccc(F)cc2)C(Cl)=C1Cl. The van der Waals surface area contributed by atoms with Crippen LogP contribution in [0.5, 0.6) is 0 Å². The molecule has 2 rings (SSSR count). The predicted octanol–water partition coefficient (Wildman–Crippen LogP) is 3.41.